The first kappa shape index (κ1) is 31.1. The van der Waals surface area contributed by atoms with Crippen LogP contribution in [-0.4, -0.2) is 4.57 Å². The average Bonchev–Trinajstić information content (AvgIpc) is 3.83. The largest absolute Gasteiger partial charge is 0.310 e. The van der Waals surface area contributed by atoms with E-state index in [1.165, 1.54) is 81.0 Å². The number of aromatic nitrogens is 1. The fourth-order valence-corrected chi connectivity index (χ4v) is 10.1. The van der Waals surface area contributed by atoms with Crippen molar-refractivity contribution in [2.45, 2.75) is 19.3 Å². The summed E-state index contributed by atoms with van der Waals surface area (Å²) in [5.74, 6) is 0. The molecule has 54 heavy (non-hydrogen) atoms. The van der Waals surface area contributed by atoms with E-state index in [-0.39, 0.29) is 5.41 Å². The van der Waals surface area contributed by atoms with E-state index in [0.717, 1.165) is 17.1 Å². The van der Waals surface area contributed by atoms with Crippen molar-refractivity contribution in [2.75, 3.05) is 4.90 Å². The van der Waals surface area contributed by atoms with E-state index in [0.29, 0.717) is 0 Å². The molecule has 1 aliphatic rings. The van der Waals surface area contributed by atoms with E-state index in [2.05, 4.69) is 205 Å². The highest BCUT2D eigenvalue weighted by Gasteiger charge is 2.35. The normalized spacial score (nSPS) is 13.1. The van der Waals surface area contributed by atoms with Crippen molar-refractivity contribution in [1.82, 2.24) is 4.57 Å². The topological polar surface area (TPSA) is 8.17 Å². The van der Waals surface area contributed by atoms with E-state index in [4.69, 9.17) is 0 Å². The zero-order chi connectivity index (χ0) is 36.0. The summed E-state index contributed by atoms with van der Waals surface area (Å²) in [6, 6.07) is 67.1. The summed E-state index contributed by atoms with van der Waals surface area (Å²) in [7, 11) is 0. The number of rotatable bonds is 5. The van der Waals surface area contributed by atoms with Gasteiger partial charge in [0.2, 0.25) is 0 Å². The quantitative estimate of drug-likeness (QED) is 0.173. The smallest absolute Gasteiger partial charge is 0.0541 e. The molecule has 0 unspecified atom stereocenters. The third-order valence-electron chi connectivity index (χ3n) is 11.6. The predicted octanol–water partition coefficient (Wildman–Crippen LogP) is 14.6. The van der Waals surface area contributed by atoms with Crippen LogP contribution in [0.15, 0.2) is 182 Å². The Kier molecular flexibility index (Phi) is 6.80. The molecule has 0 amide bonds. The molecule has 0 N–H and O–H groups in total. The minimum atomic E-state index is -0.0881. The minimum absolute atomic E-state index is 0.0881. The lowest BCUT2D eigenvalue weighted by atomic mass is 9.82. The van der Waals surface area contributed by atoms with Crippen LogP contribution in [0, 0.1) is 0 Å². The second kappa shape index (κ2) is 11.8. The first-order chi connectivity index (χ1) is 26.5. The van der Waals surface area contributed by atoms with Crippen LogP contribution >= 0.6 is 11.3 Å². The third-order valence-corrected chi connectivity index (χ3v) is 12.7. The molecule has 0 saturated carbocycles. The molecule has 10 aromatic rings. The number of hydrogen-bond donors (Lipinski definition) is 0. The van der Waals surface area contributed by atoms with Gasteiger partial charge in [0, 0.05) is 59.1 Å². The molecule has 3 heteroatoms. The van der Waals surface area contributed by atoms with Crippen molar-refractivity contribution in [3.8, 4) is 27.9 Å². The van der Waals surface area contributed by atoms with Crippen LogP contribution in [0.1, 0.15) is 25.0 Å². The van der Waals surface area contributed by atoms with Crippen LogP contribution in [0.3, 0.4) is 0 Å². The van der Waals surface area contributed by atoms with Crippen LogP contribution in [0.4, 0.5) is 17.1 Å². The summed E-state index contributed by atoms with van der Waals surface area (Å²) in [6.07, 6.45) is 0. The Balaban J connectivity index is 1.04. The zero-order valence-corrected chi connectivity index (χ0v) is 30.9. The second-order valence-electron chi connectivity index (χ2n) is 15.0. The van der Waals surface area contributed by atoms with Gasteiger partial charge in [-0.25, -0.2) is 0 Å². The number of benzene rings is 8. The van der Waals surface area contributed by atoms with Gasteiger partial charge in [0.25, 0.3) is 0 Å². The van der Waals surface area contributed by atoms with Gasteiger partial charge in [-0.05, 0) is 106 Å². The summed E-state index contributed by atoms with van der Waals surface area (Å²) in [4.78, 5) is 2.43. The molecule has 1 aliphatic carbocycles. The Morgan fingerprint density at radius 2 is 1.06 bits per heavy atom. The molecule has 8 aromatic carbocycles. The summed E-state index contributed by atoms with van der Waals surface area (Å²) in [5.41, 5.74) is 14.8. The summed E-state index contributed by atoms with van der Waals surface area (Å²) in [6.45, 7) is 4.72. The van der Waals surface area contributed by atoms with Crippen LogP contribution in [0.2, 0.25) is 0 Å². The molecule has 0 radical (unpaired) electrons. The minimum Gasteiger partial charge on any atom is -0.310 e. The van der Waals surface area contributed by atoms with Crippen LogP contribution in [0.25, 0.3) is 69.9 Å². The fourth-order valence-electron chi connectivity index (χ4n) is 8.94. The van der Waals surface area contributed by atoms with Crippen LogP contribution in [-0.2, 0) is 5.41 Å². The van der Waals surface area contributed by atoms with Crippen LogP contribution in [0.5, 0.6) is 0 Å². The van der Waals surface area contributed by atoms with E-state index < -0.39 is 0 Å². The van der Waals surface area contributed by atoms with Gasteiger partial charge >= 0.3 is 0 Å². The Bertz CT molecular complexity index is 3070. The van der Waals surface area contributed by atoms with Gasteiger partial charge in [0.15, 0.2) is 0 Å². The van der Waals surface area contributed by atoms with Gasteiger partial charge in [-0.1, -0.05) is 123 Å². The van der Waals surface area contributed by atoms with Crippen molar-refractivity contribution in [3.63, 3.8) is 0 Å². The maximum absolute atomic E-state index is 2.43. The summed E-state index contributed by atoms with van der Waals surface area (Å²) in [5, 5.41) is 5.15. The van der Waals surface area contributed by atoms with Gasteiger partial charge in [-0.2, -0.15) is 0 Å². The standard InChI is InChI=1S/C51H36N2S/c1-51(2)45-17-9-6-14-39(45)40-27-25-37(31-46(40)51)52(38-26-28-43-42-16-8-11-19-49(42)54-50(43)32-38)36-23-20-33(21-24-36)34-22-29-48-44(30-34)41-15-7-10-18-47(41)53(48)35-12-4-3-5-13-35/h3-32H,1-2H3. The molecule has 0 saturated heterocycles. The number of fused-ring (bicyclic) bond motifs is 9. The number of anilines is 3. The number of nitrogens with zero attached hydrogens (tertiary/aromatic N) is 2. The number of para-hydroxylation sites is 2. The van der Waals surface area contributed by atoms with E-state index >= 15 is 0 Å². The molecule has 0 fully saturated rings. The van der Waals surface area contributed by atoms with Gasteiger partial charge in [0.1, 0.15) is 0 Å². The lowest BCUT2D eigenvalue weighted by Gasteiger charge is -2.28. The molecule has 2 aromatic heterocycles. The monoisotopic (exact) mass is 708 g/mol. The molecule has 0 atom stereocenters. The molecule has 2 heterocycles. The van der Waals surface area contributed by atoms with Crippen molar-refractivity contribution >= 4 is 70.4 Å². The van der Waals surface area contributed by atoms with E-state index in [1.807, 2.05) is 11.3 Å². The number of hydrogen-bond acceptors (Lipinski definition) is 2. The molecular formula is C51H36N2S. The van der Waals surface area contributed by atoms with E-state index in [9.17, 15) is 0 Å². The Labute approximate surface area is 318 Å². The zero-order valence-electron chi connectivity index (χ0n) is 30.1. The van der Waals surface area contributed by atoms with E-state index in [1.54, 1.807) is 0 Å². The van der Waals surface area contributed by atoms with Gasteiger partial charge < -0.3 is 9.47 Å². The molecule has 256 valence electrons. The molecule has 0 bridgehead atoms. The van der Waals surface area contributed by atoms with Crippen molar-refractivity contribution in [2.24, 2.45) is 0 Å². The number of thiophene rings is 1. The van der Waals surface area contributed by atoms with Gasteiger partial charge in [-0.3, -0.25) is 0 Å². The summed E-state index contributed by atoms with van der Waals surface area (Å²) < 4.78 is 4.99. The molecule has 11 rings (SSSR count). The van der Waals surface area contributed by atoms with Crippen molar-refractivity contribution in [1.29, 1.82) is 0 Å². The highest BCUT2D eigenvalue weighted by atomic mass is 32.1. The SMILES string of the molecule is CC1(C)c2ccccc2-c2ccc(N(c3ccc(-c4ccc5c(c4)c4ccccc4n5-c4ccccc4)cc3)c3ccc4c(c3)sc3ccccc34)cc21. The van der Waals surface area contributed by atoms with Crippen molar-refractivity contribution < 1.29 is 0 Å². The van der Waals surface area contributed by atoms with Gasteiger partial charge in [0.05, 0.1) is 11.0 Å². The second-order valence-corrected chi connectivity index (χ2v) is 16.1. The Morgan fingerprint density at radius 3 is 1.93 bits per heavy atom. The fraction of sp³-hybridized carbons (Fsp3) is 0.0588. The van der Waals surface area contributed by atoms with Gasteiger partial charge in [-0.15, -0.1) is 11.3 Å². The third kappa shape index (κ3) is 4.65. The Morgan fingerprint density at radius 1 is 0.426 bits per heavy atom. The first-order valence-corrected chi connectivity index (χ1v) is 19.5. The molecular weight excluding hydrogens is 673 g/mol. The van der Waals surface area contributed by atoms with Crippen molar-refractivity contribution in [3.05, 3.63) is 193 Å². The first-order valence-electron chi connectivity index (χ1n) is 18.7. The summed E-state index contributed by atoms with van der Waals surface area (Å²) >= 11 is 1.87. The molecule has 0 aliphatic heterocycles. The molecule has 0 spiro atoms. The lowest BCUT2D eigenvalue weighted by Crippen LogP contribution is -2.16. The molecule has 2 nitrogen and oxygen atoms in total. The predicted molar refractivity (Wildman–Crippen MR) is 231 cm³/mol. The average molecular weight is 709 g/mol. The maximum atomic E-state index is 2.43. The highest BCUT2D eigenvalue weighted by Crippen LogP contribution is 2.51. The lowest BCUT2D eigenvalue weighted by molar-refractivity contribution is 0.660. The Hall–Kier alpha value is -6.42. The van der Waals surface area contributed by atoms with Crippen LogP contribution < -0.4 is 4.90 Å². The highest BCUT2D eigenvalue weighted by molar-refractivity contribution is 7.25. The maximum Gasteiger partial charge on any atom is 0.0541 e.